The number of hydrogen-bond donors (Lipinski definition) is 6. The molecule has 0 saturated carbocycles. The van der Waals surface area contributed by atoms with Gasteiger partial charge in [-0.25, -0.2) is 10.0 Å². The zero-order chi connectivity index (χ0) is 24.3. The van der Waals surface area contributed by atoms with Crippen LogP contribution in [0.1, 0.15) is 31.4 Å². The molecule has 1 rings (SSSR count). The van der Waals surface area contributed by atoms with Crippen molar-refractivity contribution in [1.82, 2.24) is 15.6 Å². The molecule has 7 N–H and O–H groups in total. The van der Waals surface area contributed by atoms with E-state index in [1.54, 1.807) is 0 Å². The standard InChI is InChI=1S/C20H25N5O7/c1-3-13-5-6-14(10-22-13)25(32)12(2)4-8-16(19(29)23-11-18(27)28)24-17(26)9-7-15(21)20(30)31/h1,5-6,10,15-16,32H,2,4,7-9,11,21H2,(H,23,29)(H,24,26)(H,27,28)(H,30,31)/t15-,16-/m0/s1. The average molecular weight is 447 g/mol. The van der Waals surface area contributed by atoms with Gasteiger partial charge < -0.3 is 26.6 Å². The van der Waals surface area contributed by atoms with Crippen LogP contribution in [0.15, 0.2) is 30.6 Å². The first-order valence-corrected chi connectivity index (χ1v) is 9.41. The average Bonchev–Trinajstić information content (AvgIpc) is 2.77. The maximum Gasteiger partial charge on any atom is 0.322 e. The van der Waals surface area contributed by atoms with Crippen molar-refractivity contribution in [2.75, 3.05) is 11.6 Å². The molecular formula is C20H25N5O7. The number of carboxylic acids is 2. The van der Waals surface area contributed by atoms with E-state index < -0.39 is 42.4 Å². The van der Waals surface area contributed by atoms with Crippen LogP contribution in [0.3, 0.4) is 0 Å². The number of terminal acetylenes is 1. The highest BCUT2D eigenvalue weighted by atomic mass is 16.5. The predicted molar refractivity (Wildman–Crippen MR) is 112 cm³/mol. The number of carbonyl (C=O) groups is 4. The second-order valence-corrected chi connectivity index (χ2v) is 6.68. The van der Waals surface area contributed by atoms with E-state index in [0.29, 0.717) is 5.69 Å². The molecule has 1 aromatic heterocycles. The van der Waals surface area contributed by atoms with Gasteiger partial charge in [0.1, 0.15) is 24.3 Å². The molecular weight excluding hydrogens is 422 g/mol. The van der Waals surface area contributed by atoms with Crippen molar-refractivity contribution in [3.05, 3.63) is 36.3 Å². The molecule has 0 aliphatic carbocycles. The Labute approximate surface area is 184 Å². The molecule has 0 aliphatic heterocycles. The van der Waals surface area contributed by atoms with E-state index in [4.69, 9.17) is 22.4 Å². The molecule has 0 spiro atoms. The van der Waals surface area contributed by atoms with E-state index >= 15 is 0 Å². The number of rotatable bonds is 13. The lowest BCUT2D eigenvalue weighted by atomic mass is 10.1. The van der Waals surface area contributed by atoms with Crippen LogP contribution in [-0.4, -0.2) is 62.8 Å². The summed E-state index contributed by atoms with van der Waals surface area (Å²) < 4.78 is 0. The fourth-order valence-electron chi connectivity index (χ4n) is 2.43. The first-order valence-electron chi connectivity index (χ1n) is 9.41. The Balaban J connectivity index is 2.76. The Bertz CT molecular complexity index is 895. The molecule has 0 bridgehead atoms. The molecule has 0 radical (unpaired) electrons. The summed E-state index contributed by atoms with van der Waals surface area (Å²) in [5, 5.41) is 33.1. The van der Waals surface area contributed by atoms with E-state index in [0.717, 1.165) is 5.06 Å². The fourth-order valence-corrected chi connectivity index (χ4v) is 2.43. The summed E-state index contributed by atoms with van der Waals surface area (Å²) in [5.41, 5.74) is 6.16. The predicted octanol–water partition coefficient (Wildman–Crippen LogP) is -0.570. The highest BCUT2D eigenvalue weighted by Gasteiger charge is 2.23. The lowest BCUT2D eigenvalue weighted by molar-refractivity contribution is -0.139. The van der Waals surface area contributed by atoms with Crippen LogP contribution in [0.25, 0.3) is 0 Å². The van der Waals surface area contributed by atoms with Gasteiger partial charge in [-0.2, -0.15) is 0 Å². The molecule has 1 heterocycles. The normalized spacial score (nSPS) is 12.0. The Morgan fingerprint density at radius 2 is 1.91 bits per heavy atom. The van der Waals surface area contributed by atoms with Gasteiger partial charge in [-0.1, -0.05) is 12.5 Å². The molecule has 32 heavy (non-hydrogen) atoms. The van der Waals surface area contributed by atoms with Crippen molar-refractivity contribution >= 4 is 29.4 Å². The summed E-state index contributed by atoms with van der Waals surface area (Å²) >= 11 is 0. The van der Waals surface area contributed by atoms with Crippen molar-refractivity contribution in [2.24, 2.45) is 5.73 Å². The van der Waals surface area contributed by atoms with E-state index in [1.807, 2.05) is 0 Å². The first kappa shape index (κ1) is 26.1. The van der Waals surface area contributed by atoms with Crippen LogP contribution >= 0.6 is 0 Å². The van der Waals surface area contributed by atoms with Crippen molar-refractivity contribution < 1.29 is 34.6 Å². The minimum atomic E-state index is -1.27. The van der Waals surface area contributed by atoms with E-state index in [9.17, 15) is 24.4 Å². The number of nitrogens with one attached hydrogen (secondary N) is 2. The fraction of sp³-hybridized carbons (Fsp3) is 0.350. The van der Waals surface area contributed by atoms with Crippen LogP contribution in [0.5, 0.6) is 0 Å². The molecule has 2 atom stereocenters. The Morgan fingerprint density at radius 3 is 2.44 bits per heavy atom. The number of anilines is 1. The van der Waals surface area contributed by atoms with Gasteiger partial charge in [-0.15, -0.1) is 6.42 Å². The van der Waals surface area contributed by atoms with Crippen molar-refractivity contribution in [1.29, 1.82) is 0 Å². The molecule has 0 saturated heterocycles. The Morgan fingerprint density at radius 1 is 1.22 bits per heavy atom. The SMILES string of the molecule is C#Cc1ccc(N(O)C(=C)CC[C@H](NC(=O)CC[C@H](N)C(=O)O)C(=O)NCC(=O)O)cn1. The topological polar surface area (TPSA) is 195 Å². The molecule has 12 heteroatoms. The van der Waals surface area contributed by atoms with Gasteiger partial charge in [-0.05, 0) is 31.4 Å². The second-order valence-electron chi connectivity index (χ2n) is 6.68. The summed E-state index contributed by atoms with van der Waals surface area (Å²) in [6.45, 7) is 3.07. The number of aromatic nitrogens is 1. The monoisotopic (exact) mass is 447 g/mol. The van der Waals surface area contributed by atoms with Gasteiger partial charge in [0, 0.05) is 12.1 Å². The number of amides is 2. The second kappa shape index (κ2) is 12.7. The highest BCUT2D eigenvalue weighted by molar-refractivity contribution is 5.89. The number of allylic oxidation sites excluding steroid dienone is 1. The number of aliphatic carboxylic acids is 2. The third kappa shape index (κ3) is 8.82. The maximum atomic E-state index is 12.3. The zero-order valence-electron chi connectivity index (χ0n) is 17.2. The number of hydrogen-bond acceptors (Lipinski definition) is 8. The Hall–Kier alpha value is -3.95. The minimum Gasteiger partial charge on any atom is -0.480 e. The van der Waals surface area contributed by atoms with Gasteiger partial charge >= 0.3 is 11.9 Å². The van der Waals surface area contributed by atoms with Gasteiger partial charge in [0.15, 0.2) is 0 Å². The van der Waals surface area contributed by atoms with Gasteiger partial charge in [0.25, 0.3) is 0 Å². The van der Waals surface area contributed by atoms with Crippen LogP contribution < -0.4 is 21.4 Å². The van der Waals surface area contributed by atoms with Crippen molar-refractivity contribution in [3.63, 3.8) is 0 Å². The molecule has 0 aromatic carbocycles. The van der Waals surface area contributed by atoms with Gasteiger partial charge in [0.05, 0.1) is 11.9 Å². The summed E-state index contributed by atoms with van der Waals surface area (Å²) in [6, 6.07) is 0.626. The summed E-state index contributed by atoms with van der Waals surface area (Å²) in [6.07, 6.45) is 6.15. The maximum absolute atomic E-state index is 12.3. The molecule has 1 aromatic rings. The van der Waals surface area contributed by atoms with Gasteiger partial charge in [-0.3, -0.25) is 24.4 Å². The molecule has 172 valence electrons. The molecule has 12 nitrogen and oxygen atoms in total. The minimum absolute atomic E-state index is 0.0338. The number of nitrogens with zero attached hydrogens (tertiary/aromatic N) is 2. The number of carbonyl (C=O) groups excluding carboxylic acids is 2. The van der Waals surface area contributed by atoms with Crippen LogP contribution in [0.4, 0.5) is 5.69 Å². The van der Waals surface area contributed by atoms with Crippen molar-refractivity contribution in [2.45, 2.75) is 37.8 Å². The molecule has 0 aliphatic rings. The van der Waals surface area contributed by atoms with Crippen LogP contribution in [-0.2, 0) is 19.2 Å². The lowest BCUT2D eigenvalue weighted by Crippen LogP contribution is -2.48. The summed E-state index contributed by atoms with van der Waals surface area (Å²) in [7, 11) is 0. The van der Waals surface area contributed by atoms with E-state index in [-0.39, 0.29) is 37.1 Å². The molecule has 2 amide bonds. The van der Waals surface area contributed by atoms with E-state index in [2.05, 4.69) is 28.1 Å². The summed E-state index contributed by atoms with van der Waals surface area (Å²) in [5.74, 6) is -1.61. The Kier molecular flexibility index (Phi) is 10.3. The first-order chi connectivity index (χ1) is 15.0. The molecule has 0 fully saturated rings. The van der Waals surface area contributed by atoms with Crippen LogP contribution in [0, 0.1) is 12.3 Å². The zero-order valence-corrected chi connectivity index (χ0v) is 17.2. The smallest absolute Gasteiger partial charge is 0.322 e. The van der Waals surface area contributed by atoms with E-state index in [1.165, 1.54) is 18.3 Å². The number of pyridine rings is 1. The summed E-state index contributed by atoms with van der Waals surface area (Å²) in [4.78, 5) is 49.8. The molecule has 0 unspecified atom stereocenters. The number of hydroxylamine groups is 1. The highest BCUT2D eigenvalue weighted by Crippen LogP contribution is 2.19. The largest absolute Gasteiger partial charge is 0.480 e. The quantitative estimate of drug-likeness (QED) is 0.168. The lowest BCUT2D eigenvalue weighted by Gasteiger charge is -2.22. The number of nitrogens with two attached hydrogens (primary N) is 1. The third-order valence-electron chi connectivity index (χ3n) is 4.23. The third-order valence-corrected chi connectivity index (χ3v) is 4.23. The van der Waals surface area contributed by atoms with Crippen molar-refractivity contribution in [3.8, 4) is 12.3 Å². The van der Waals surface area contributed by atoms with Crippen LogP contribution in [0.2, 0.25) is 0 Å². The number of carboxylic acid groups (broad SMARTS) is 2. The van der Waals surface area contributed by atoms with Gasteiger partial charge in [0.2, 0.25) is 11.8 Å².